The molecule has 1 aliphatic rings. The molecule has 108 valence electrons. The van der Waals surface area contributed by atoms with Crippen molar-refractivity contribution in [3.63, 3.8) is 0 Å². The third-order valence-corrected chi connectivity index (χ3v) is 5.93. The van der Waals surface area contributed by atoms with Crippen LogP contribution in [0.4, 0.5) is 0 Å². The Morgan fingerprint density at radius 3 is 2.17 bits per heavy atom. The maximum Gasteiger partial charge on any atom is -0.0298 e. The minimum Gasteiger partial charge on any atom is -0.0654 e. The number of rotatable bonds is 6. The SMILES string of the molecule is CCCC(C)(C)CCCC1C(C)CC(C)C1(C)C. The van der Waals surface area contributed by atoms with E-state index in [9.17, 15) is 0 Å². The van der Waals surface area contributed by atoms with Crippen molar-refractivity contribution in [3.8, 4) is 0 Å². The molecular formula is C18H36. The van der Waals surface area contributed by atoms with Crippen LogP contribution in [0.1, 0.15) is 87.0 Å². The Labute approximate surface area is 116 Å². The van der Waals surface area contributed by atoms with E-state index >= 15 is 0 Å². The van der Waals surface area contributed by atoms with Crippen molar-refractivity contribution < 1.29 is 0 Å². The predicted molar refractivity (Wildman–Crippen MR) is 82.8 cm³/mol. The molecule has 18 heavy (non-hydrogen) atoms. The van der Waals surface area contributed by atoms with E-state index in [-0.39, 0.29) is 0 Å². The minimum atomic E-state index is 0.562. The molecule has 0 N–H and O–H groups in total. The number of hydrogen-bond acceptors (Lipinski definition) is 0. The van der Waals surface area contributed by atoms with Gasteiger partial charge in [-0.3, -0.25) is 0 Å². The van der Waals surface area contributed by atoms with Crippen LogP contribution in [0.15, 0.2) is 0 Å². The topological polar surface area (TPSA) is 0 Å². The van der Waals surface area contributed by atoms with Crippen molar-refractivity contribution >= 4 is 0 Å². The molecule has 0 aliphatic heterocycles. The van der Waals surface area contributed by atoms with Crippen molar-refractivity contribution in [1.82, 2.24) is 0 Å². The highest BCUT2D eigenvalue weighted by Gasteiger charge is 2.44. The summed E-state index contributed by atoms with van der Waals surface area (Å²) < 4.78 is 0. The fourth-order valence-electron chi connectivity index (χ4n) is 4.38. The van der Waals surface area contributed by atoms with Crippen LogP contribution >= 0.6 is 0 Å². The first-order chi connectivity index (χ1) is 8.20. The zero-order valence-electron chi connectivity index (χ0n) is 14.0. The molecule has 0 aromatic carbocycles. The molecule has 0 saturated heterocycles. The number of hydrogen-bond donors (Lipinski definition) is 0. The average molecular weight is 252 g/mol. The largest absolute Gasteiger partial charge is 0.0654 e. The van der Waals surface area contributed by atoms with E-state index in [1.807, 2.05) is 0 Å². The third kappa shape index (κ3) is 3.75. The second-order valence-electron chi connectivity index (χ2n) is 8.35. The molecule has 1 fully saturated rings. The van der Waals surface area contributed by atoms with Gasteiger partial charge in [-0.05, 0) is 54.3 Å². The Kier molecular flexibility index (Phi) is 5.32. The smallest absolute Gasteiger partial charge is 0.0298 e. The van der Waals surface area contributed by atoms with E-state index < -0.39 is 0 Å². The average Bonchev–Trinajstić information content (AvgIpc) is 2.40. The predicted octanol–water partition coefficient (Wildman–Crippen LogP) is 6.30. The highest BCUT2D eigenvalue weighted by atomic mass is 14.5. The molecular weight excluding hydrogens is 216 g/mol. The molecule has 1 rings (SSSR count). The van der Waals surface area contributed by atoms with Gasteiger partial charge in [0, 0.05) is 0 Å². The van der Waals surface area contributed by atoms with E-state index in [1.165, 1.54) is 38.5 Å². The summed E-state index contributed by atoms with van der Waals surface area (Å²) in [6, 6.07) is 0. The van der Waals surface area contributed by atoms with Crippen LogP contribution in [-0.2, 0) is 0 Å². The van der Waals surface area contributed by atoms with Gasteiger partial charge < -0.3 is 0 Å². The molecule has 0 aromatic rings. The fourth-order valence-corrected chi connectivity index (χ4v) is 4.38. The Morgan fingerprint density at radius 2 is 1.72 bits per heavy atom. The van der Waals surface area contributed by atoms with Crippen LogP contribution in [0.3, 0.4) is 0 Å². The molecule has 1 saturated carbocycles. The van der Waals surface area contributed by atoms with Gasteiger partial charge in [0.25, 0.3) is 0 Å². The van der Waals surface area contributed by atoms with E-state index in [0.29, 0.717) is 10.8 Å². The second kappa shape index (κ2) is 5.97. The molecule has 0 heteroatoms. The monoisotopic (exact) mass is 252 g/mol. The first-order valence-electron chi connectivity index (χ1n) is 8.20. The van der Waals surface area contributed by atoms with Crippen molar-refractivity contribution in [2.24, 2.45) is 28.6 Å². The van der Waals surface area contributed by atoms with Crippen LogP contribution < -0.4 is 0 Å². The lowest BCUT2D eigenvalue weighted by molar-refractivity contribution is 0.159. The van der Waals surface area contributed by atoms with Gasteiger partial charge in [-0.1, -0.05) is 61.3 Å². The lowest BCUT2D eigenvalue weighted by atomic mass is 9.72. The summed E-state index contributed by atoms with van der Waals surface area (Å²) in [4.78, 5) is 0. The standard InChI is InChI=1S/C18H36/c1-8-11-17(4,5)12-9-10-16-14(2)13-15(3)18(16,6)7/h14-16H,8-13H2,1-7H3. The Balaban J connectivity index is 2.44. The summed E-state index contributed by atoms with van der Waals surface area (Å²) in [5.74, 6) is 2.79. The van der Waals surface area contributed by atoms with Gasteiger partial charge in [-0.15, -0.1) is 0 Å². The molecule has 0 nitrogen and oxygen atoms in total. The molecule has 0 bridgehead atoms. The molecule has 0 aromatic heterocycles. The Morgan fingerprint density at radius 1 is 1.11 bits per heavy atom. The highest BCUT2D eigenvalue weighted by Crippen LogP contribution is 2.52. The molecule has 0 heterocycles. The van der Waals surface area contributed by atoms with Crippen molar-refractivity contribution in [2.75, 3.05) is 0 Å². The van der Waals surface area contributed by atoms with Crippen molar-refractivity contribution in [2.45, 2.75) is 87.0 Å². The third-order valence-electron chi connectivity index (χ3n) is 5.93. The van der Waals surface area contributed by atoms with Gasteiger partial charge >= 0.3 is 0 Å². The molecule has 0 amide bonds. The zero-order valence-corrected chi connectivity index (χ0v) is 14.0. The summed E-state index contributed by atoms with van der Waals surface area (Å²) in [6.45, 7) is 17.1. The van der Waals surface area contributed by atoms with E-state index in [1.54, 1.807) is 0 Å². The zero-order chi connectivity index (χ0) is 14.0. The summed E-state index contributed by atoms with van der Waals surface area (Å²) in [6.07, 6.45) is 8.44. The van der Waals surface area contributed by atoms with E-state index in [0.717, 1.165) is 17.8 Å². The van der Waals surface area contributed by atoms with E-state index in [4.69, 9.17) is 0 Å². The fraction of sp³-hybridized carbons (Fsp3) is 1.00. The van der Waals surface area contributed by atoms with Crippen LogP contribution in [0, 0.1) is 28.6 Å². The first kappa shape index (κ1) is 16.1. The molecule has 0 radical (unpaired) electrons. The van der Waals surface area contributed by atoms with Gasteiger partial charge in [0.05, 0.1) is 0 Å². The summed E-state index contributed by atoms with van der Waals surface area (Å²) in [7, 11) is 0. The minimum absolute atomic E-state index is 0.562. The normalized spacial score (nSPS) is 31.8. The lowest BCUT2D eigenvalue weighted by Gasteiger charge is -2.34. The van der Waals surface area contributed by atoms with Crippen molar-refractivity contribution in [1.29, 1.82) is 0 Å². The maximum atomic E-state index is 2.50. The van der Waals surface area contributed by atoms with Crippen LogP contribution in [-0.4, -0.2) is 0 Å². The maximum absolute atomic E-state index is 2.50. The highest BCUT2D eigenvalue weighted by molar-refractivity contribution is 4.93. The van der Waals surface area contributed by atoms with Crippen LogP contribution in [0.5, 0.6) is 0 Å². The van der Waals surface area contributed by atoms with Crippen LogP contribution in [0.25, 0.3) is 0 Å². The molecule has 3 unspecified atom stereocenters. The summed E-state index contributed by atoms with van der Waals surface area (Å²) in [5.41, 5.74) is 1.13. The second-order valence-corrected chi connectivity index (χ2v) is 8.35. The van der Waals surface area contributed by atoms with Crippen molar-refractivity contribution in [3.05, 3.63) is 0 Å². The van der Waals surface area contributed by atoms with Gasteiger partial charge in [0.2, 0.25) is 0 Å². The first-order valence-corrected chi connectivity index (χ1v) is 8.20. The summed E-state index contributed by atoms with van der Waals surface area (Å²) >= 11 is 0. The van der Waals surface area contributed by atoms with Crippen LogP contribution in [0.2, 0.25) is 0 Å². The quantitative estimate of drug-likeness (QED) is 0.520. The lowest BCUT2D eigenvalue weighted by Crippen LogP contribution is -2.25. The molecule has 1 aliphatic carbocycles. The van der Waals surface area contributed by atoms with Gasteiger partial charge in [0.1, 0.15) is 0 Å². The summed E-state index contributed by atoms with van der Waals surface area (Å²) in [5, 5.41) is 0. The van der Waals surface area contributed by atoms with Gasteiger partial charge in [-0.25, -0.2) is 0 Å². The van der Waals surface area contributed by atoms with Gasteiger partial charge in [-0.2, -0.15) is 0 Å². The molecule has 3 atom stereocenters. The molecule has 0 spiro atoms. The Hall–Kier alpha value is 0. The van der Waals surface area contributed by atoms with Gasteiger partial charge in [0.15, 0.2) is 0 Å². The van der Waals surface area contributed by atoms with E-state index in [2.05, 4.69) is 48.5 Å². The Bertz CT molecular complexity index is 249.